The van der Waals surface area contributed by atoms with Crippen molar-refractivity contribution >= 4 is 17.4 Å². The summed E-state index contributed by atoms with van der Waals surface area (Å²) in [6, 6.07) is 6.32. The Bertz CT molecular complexity index is 523. The van der Waals surface area contributed by atoms with Gasteiger partial charge in [0, 0.05) is 23.4 Å². The van der Waals surface area contributed by atoms with Gasteiger partial charge in [-0.15, -0.1) is 0 Å². The van der Waals surface area contributed by atoms with Crippen molar-refractivity contribution in [3.8, 4) is 5.75 Å². The highest BCUT2D eigenvalue weighted by Crippen LogP contribution is 2.19. The molecule has 1 aromatic heterocycles. The molecule has 0 aliphatic rings. The highest BCUT2D eigenvalue weighted by Gasteiger charge is 2.09. The minimum atomic E-state index is -0.329. The van der Waals surface area contributed by atoms with E-state index < -0.39 is 0 Å². The molecule has 3 N–H and O–H groups in total. The van der Waals surface area contributed by atoms with Gasteiger partial charge in [-0.2, -0.15) is 0 Å². The molecule has 2 rings (SSSR count). The van der Waals surface area contributed by atoms with Gasteiger partial charge in [0.15, 0.2) is 5.82 Å². The number of aromatic nitrogens is 1. The van der Waals surface area contributed by atoms with Crippen LogP contribution in [-0.4, -0.2) is 18.2 Å². The topological polar surface area (TPSA) is 90.4 Å². The number of amides is 1. The van der Waals surface area contributed by atoms with E-state index in [1.807, 2.05) is 0 Å². The number of nitrogens with zero attached hydrogens (tertiary/aromatic N) is 1. The van der Waals surface area contributed by atoms with Gasteiger partial charge in [0.1, 0.15) is 12.0 Å². The second-order valence-electron chi connectivity index (χ2n) is 3.33. The fraction of sp³-hybridized carbons (Fsp3) is 0.0909. The predicted molar refractivity (Wildman–Crippen MR) is 61.9 cm³/mol. The molecule has 1 amide bonds. The highest BCUT2D eigenvalue weighted by molar-refractivity contribution is 6.04. The number of hydrogen-bond acceptors (Lipinski definition) is 5. The molecule has 0 aliphatic carbocycles. The van der Waals surface area contributed by atoms with Crippen molar-refractivity contribution in [3.05, 3.63) is 36.1 Å². The van der Waals surface area contributed by atoms with Crippen LogP contribution in [0.2, 0.25) is 0 Å². The molecule has 0 spiro atoms. The number of ether oxygens (including phenoxy) is 1. The monoisotopic (exact) mass is 233 g/mol. The molecule has 0 atom stereocenters. The number of rotatable bonds is 3. The molecule has 17 heavy (non-hydrogen) atoms. The maximum atomic E-state index is 11.8. The molecule has 1 heterocycles. The van der Waals surface area contributed by atoms with Crippen LogP contribution in [0.5, 0.6) is 5.75 Å². The fourth-order valence-corrected chi connectivity index (χ4v) is 1.34. The molecule has 0 saturated carbocycles. The first kappa shape index (κ1) is 11.0. The zero-order valence-electron chi connectivity index (χ0n) is 9.14. The minimum Gasteiger partial charge on any atom is -0.497 e. The first-order valence-corrected chi connectivity index (χ1v) is 4.85. The number of methoxy groups -OCH3 is 1. The molecule has 0 aliphatic heterocycles. The van der Waals surface area contributed by atoms with Crippen molar-refractivity contribution in [1.82, 2.24) is 5.16 Å². The maximum absolute atomic E-state index is 11.8. The summed E-state index contributed by atoms with van der Waals surface area (Å²) in [6.45, 7) is 0. The quantitative estimate of drug-likeness (QED) is 0.784. The number of hydrogen-bond donors (Lipinski definition) is 2. The maximum Gasteiger partial charge on any atom is 0.257 e. The number of carbonyl (C=O) groups excluding carboxylic acids is 1. The van der Waals surface area contributed by atoms with Crippen molar-refractivity contribution in [2.75, 3.05) is 18.2 Å². The van der Waals surface area contributed by atoms with Crippen LogP contribution in [0.1, 0.15) is 10.4 Å². The van der Waals surface area contributed by atoms with Crippen LogP contribution in [0.25, 0.3) is 0 Å². The molecule has 0 unspecified atom stereocenters. The van der Waals surface area contributed by atoms with Crippen LogP contribution in [0.4, 0.5) is 11.5 Å². The van der Waals surface area contributed by atoms with Crippen LogP contribution in [-0.2, 0) is 0 Å². The van der Waals surface area contributed by atoms with E-state index >= 15 is 0 Å². The van der Waals surface area contributed by atoms with Gasteiger partial charge >= 0.3 is 0 Å². The first-order chi connectivity index (χ1) is 8.19. The Morgan fingerprint density at radius 3 is 2.94 bits per heavy atom. The molecule has 88 valence electrons. The van der Waals surface area contributed by atoms with Gasteiger partial charge in [-0.3, -0.25) is 4.79 Å². The van der Waals surface area contributed by atoms with Crippen molar-refractivity contribution in [3.63, 3.8) is 0 Å². The average Bonchev–Trinajstić information content (AvgIpc) is 2.81. The van der Waals surface area contributed by atoms with E-state index in [1.54, 1.807) is 24.3 Å². The van der Waals surface area contributed by atoms with Gasteiger partial charge in [-0.1, -0.05) is 5.16 Å². The molecular formula is C11H11N3O3. The number of benzene rings is 1. The largest absolute Gasteiger partial charge is 0.497 e. The van der Waals surface area contributed by atoms with Crippen LogP contribution in [0.15, 0.2) is 35.1 Å². The third kappa shape index (κ3) is 2.54. The van der Waals surface area contributed by atoms with Crippen LogP contribution in [0.3, 0.4) is 0 Å². The summed E-state index contributed by atoms with van der Waals surface area (Å²) in [5, 5.41) is 6.14. The highest BCUT2D eigenvalue weighted by atomic mass is 16.5. The predicted octanol–water partition coefficient (Wildman–Crippen LogP) is 1.52. The molecule has 0 fully saturated rings. The normalized spacial score (nSPS) is 9.94. The Morgan fingerprint density at radius 1 is 1.47 bits per heavy atom. The van der Waals surface area contributed by atoms with E-state index in [-0.39, 0.29) is 5.91 Å². The number of nitrogen functional groups attached to an aromatic ring is 1. The molecular weight excluding hydrogens is 222 g/mol. The van der Waals surface area contributed by atoms with Crippen molar-refractivity contribution in [2.45, 2.75) is 0 Å². The third-order valence-electron chi connectivity index (χ3n) is 2.11. The summed E-state index contributed by atoms with van der Waals surface area (Å²) >= 11 is 0. The van der Waals surface area contributed by atoms with E-state index in [9.17, 15) is 4.79 Å². The lowest BCUT2D eigenvalue weighted by atomic mass is 10.2. The SMILES string of the molecule is COc1cc(N)cc(C(=O)Nc2ccon2)c1. The van der Waals surface area contributed by atoms with Gasteiger partial charge < -0.3 is 20.3 Å². The molecule has 6 nitrogen and oxygen atoms in total. The van der Waals surface area contributed by atoms with Gasteiger partial charge in [0.2, 0.25) is 0 Å². The van der Waals surface area contributed by atoms with Gasteiger partial charge in [-0.05, 0) is 12.1 Å². The second kappa shape index (κ2) is 4.56. The number of carbonyl (C=O) groups is 1. The Morgan fingerprint density at radius 2 is 2.29 bits per heavy atom. The Labute approximate surface area is 97.3 Å². The van der Waals surface area contributed by atoms with Crippen molar-refractivity contribution in [2.24, 2.45) is 0 Å². The minimum absolute atomic E-state index is 0.329. The lowest BCUT2D eigenvalue weighted by Gasteiger charge is -2.06. The molecule has 0 saturated heterocycles. The van der Waals surface area contributed by atoms with Gasteiger partial charge in [0.25, 0.3) is 5.91 Å². The van der Waals surface area contributed by atoms with Gasteiger partial charge in [0.05, 0.1) is 7.11 Å². The Kier molecular flexibility index (Phi) is 2.95. The number of nitrogens with one attached hydrogen (secondary N) is 1. The lowest BCUT2D eigenvalue weighted by Crippen LogP contribution is -2.12. The zero-order chi connectivity index (χ0) is 12.3. The Hall–Kier alpha value is -2.50. The summed E-state index contributed by atoms with van der Waals surface area (Å²) in [6.07, 6.45) is 1.37. The Balaban J connectivity index is 2.21. The molecule has 0 radical (unpaired) electrons. The lowest BCUT2D eigenvalue weighted by molar-refractivity contribution is 0.102. The third-order valence-corrected chi connectivity index (χ3v) is 2.11. The van der Waals surface area contributed by atoms with E-state index in [0.29, 0.717) is 22.8 Å². The fourth-order valence-electron chi connectivity index (χ4n) is 1.34. The molecule has 1 aromatic carbocycles. The number of nitrogens with two attached hydrogens (primary N) is 1. The summed E-state index contributed by atoms with van der Waals surface area (Å²) in [4.78, 5) is 11.8. The zero-order valence-corrected chi connectivity index (χ0v) is 9.14. The van der Waals surface area contributed by atoms with E-state index in [4.69, 9.17) is 10.5 Å². The summed E-state index contributed by atoms with van der Waals surface area (Å²) < 4.78 is 9.63. The average molecular weight is 233 g/mol. The molecule has 6 heteroatoms. The summed E-state index contributed by atoms with van der Waals surface area (Å²) in [5.41, 5.74) is 6.50. The van der Waals surface area contributed by atoms with Gasteiger partial charge in [-0.25, -0.2) is 0 Å². The number of anilines is 2. The van der Waals surface area contributed by atoms with Crippen LogP contribution < -0.4 is 15.8 Å². The standard InChI is InChI=1S/C11H11N3O3/c1-16-9-5-7(4-8(12)6-9)11(15)13-10-2-3-17-14-10/h2-6H,12H2,1H3,(H,13,14,15). The van der Waals surface area contributed by atoms with E-state index in [2.05, 4.69) is 15.0 Å². The summed E-state index contributed by atoms with van der Waals surface area (Å²) in [7, 11) is 1.51. The van der Waals surface area contributed by atoms with Crippen molar-refractivity contribution in [1.29, 1.82) is 0 Å². The first-order valence-electron chi connectivity index (χ1n) is 4.85. The van der Waals surface area contributed by atoms with Crippen molar-refractivity contribution < 1.29 is 14.1 Å². The van der Waals surface area contributed by atoms with E-state index in [1.165, 1.54) is 13.4 Å². The summed E-state index contributed by atoms with van der Waals surface area (Å²) in [5.74, 6) is 0.538. The van der Waals surface area contributed by atoms with Crippen LogP contribution >= 0.6 is 0 Å². The smallest absolute Gasteiger partial charge is 0.257 e. The van der Waals surface area contributed by atoms with Crippen LogP contribution in [0, 0.1) is 0 Å². The molecule has 0 bridgehead atoms. The van der Waals surface area contributed by atoms with E-state index in [0.717, 1.165) is 0 Å². The second-order valence-corrected chi connectivity index (χ2v) is 3.33. The molecule has 2 aromatic rings.